The SMILES string of the molecule is COC(=O)/C=C/c1ccc(C(C)=O)c(C)c1.[HH]. The van der Waals surface area contributed by atoms with Crippen LogP contribution < -0.4 is 0 Å². The predicted molar refractivity (Wildman–Crippen MR) is 64.3 cm³/mol. The molecule has 86 valence electrons. The number of ether oxygens (including phenoxy) is 1. The number of carbonyl (C=O) groups excluding carboxylic acids is 2. The molecule has 1 rings (SSSR count). The summed E-state index contributed by atoms with van der Waals surface area (Å²) in [4.78, 5) is 22.1. The maximum absolute atomic E-state index is 11.2. The van der Waals surface area contributed by atoms with E-state index in [0.717, 1.165) is 11.1 Å². The van der Waals surface area contributed by atoms with Gasteiger partial charge in [-0.1, -0.05) is 18.2 Å². The van der Waals surface area contributed by atoms with Crippen LogP contribution in [0.3, 0.4) is 0 Å². The largest absolute Gasteiger partial charge is 0.466 e. The number of benzene rings is 1. The summed E-state index contributed by atoms with van der Waals surface area (Å²) < 4.78 is 4.48. The molecular formula is C13H16O3. The number of esters is 1. The van der Waals surface area contributed by atoms with Gasteiger partial charge in [-0.2, -0.15) is 0 Å². The van der Waals surface area contributed by atoms with Crippen LogP contribution in [0.2, 0.25) is 0 Å². The van der Waals surface area contributed by atoms with E-state index in [-0.39, 0.29) is 7.21 Å². The lowest BCUT2D eigenvalue weighted by Crippen LogP contribution is -1.96. The van der Waals surface area contributed by atoms with E-state index in [1.54, 1.807) is 18.2 Å². The molecule has 0 radical (unpaired) electrons. The van der Waals surface area contributed by atoms with Crippen molar-refractivity contribution in [2.45, 2.75) is 13.8 Å². The number of aryl methyl sites for hydroxylation is 1. The van der Waals surface area contributed by atoms with Crippen LogP contribution in [0, 0.1) is 6.92 Å². The van der Waals surface area contributed by atoms with Crippen molar-refractivity contribution in [2.75, 3.05) is 7.11 Å². The van der Waals surface area contributed by atoms with Gasteiger partial charge >= 0.3 is 5.97 Å². The van der Waals surface area contributed by atoms with Crippen LogP contribution in [0.4, 0.5) is 0 Å². The molecule has 0 aromatic heterocycles. The van der Waals surface area contributed by atoms with Crippen LogP contribution in [0.25, 0.3) is 6.08 Å². The quantitative estimate of drug-likeness (QED) is 0.447. The summed E-state index contributed by atoms with van der Waals surface area (Å²) in [6, 6.07) is 5.41. The fourth-order valence-electron chi connectivity index (χ4n) is 1.42. The minimum Gasteiger partial charge on any atom is -0.466 e. The minimum absolute atomic E-state index is 0. The Morgan fingerprint density at radius 2 is 2.06 bits per heavy atom. The van der Waals surface area contributed by atoms with Gasteiger partial charge in [0.15, 0.2) is 5.78 Å². The first-order chi connectivity index (χ1) is 7.54. The molecule has 1 aromatic rings. The summed E-state index contributed by atoms with van der Waals surface area (Å²) in [6.07, 6.45) is 3.00. The van der Waals surface area contributed by atoms with E-state index in [1.165, 1.54) is 20.1 Å². The summed E-state index contributed by atoms with van der Waals surface area (Å²) in [5.41, 5.74) is 2.47. The molecular weight excluding hydrogens is 204 g/mol. The van der Waals surface area contributed by atoms with Gasteiger partial charge in [0.2, 0.25) is 0 Å². The van der Waals surface area contributed by atoms with Crippen molar-refractivity contribution in [3.63, 3.8) is 0 Å². The third-order valence-corrected chi connectivity index (χ3v) is 2.24. The lowest BCUT2D eigenvalue weighted by Gasteiger charge is -2.02. The third kappa shape index (κ3) is 3.05. The molecule has 0 bridgehead atoms. The average molecular weight is 220 g/mol. The fraction of sp³-hybridized carbons (Fsp3) is 0.231. The number of Topliss-reactive ketones (excluding diaryl/α,β-unsaturated/α-hetero) is 1. The second-order valence-corrected chi connectivity index (χ2v) is 3.49. The van der Waals surface area contributed by atoms with Gasteiger partial charge in [-0.05, 0) is 31.1 Å². The lowest BCUT2D eigenvalue weighted by atomic mass is 10.0. The van der Waals surface area contributed by atoms with Gasteiger partial charge in [-0.15, -0.1) is 0 Å². The van der Waals surface area contributed by atoms with E-state index >= 15 is 0 Å². The van der Waals surface area contributed by atoms with Crippen molar-refractivity contribution in [1.82, 2.24) is 0 Å². The topological polar surface area (TPSA) is 43.4 Å². The summed E-state index contributed by atoms with van der Waals surface area (Å²) in [5, 5.41) is 0. The molecule has 16 heavy (non-hydrogen) atoms. The van der Waals surface area contributed by atoms with Crippen LogP contribution in [-0.4, -0.2) is 18.9 Å². The van der Waals surface area contributed by atoms with Gasteiger partial charge < -0.3 is 4.74 Å². The van der Waals surface area contributed by atoms with Crippen molar-refractivity contribution >= 4 is 17.8 Å². The standard InChI is InChI=1S/C13H14O3.H2/c1-9-8-11(5-7-13(15)16-3)4-6-12(9)10(2)14;/h4-8H,1-3H3;1H/b7-5+;. The second-order valence-electron chi connectivity index (χ2n) is 3.49. The third-order valence-electron chi connectivity index (χ3n) is 2.24. The summed E-state index contributed by atoms with van der Waals surface area (Å²) >= 11 is 0. The van der Waals surface area contributed by atoms with E-state index in [9.17, 15) is 9.59 Å². The minimum atomic E-state index is -0.395. The zero-order chi connectivity index (χ0) is 12.1. The Labute approximate surface area is 96.2 Å². The highest BCUT2D eigenvalue weighted by molar-refractivity contribution is 5.96. The number of carbonyl (C=O) groups is 2. The van der Waals surface area contributed by atoms with Crippen molar-refractivity contribution < 1.29 is 15.8 Å². The van der Waals surface area contributed by atoms with Gasteiger partial charge in [0, 0.05) is 13.1 Å². The average Bonchev–Trinajstić information content (AvgIpc) is 2.25. The number of ketones is 1. The maximum Gasteiger partial charge on any atom is 0.330 e. The van der Waals surface area contributed by atoms with Crippen LogP contribution in [0.5, 0.6) is 0 Å². The molecule has 0 unspecified atom stereocenters. The highest BCUT2D eigenvalue weighted by atomic mass is 16.5. The smallest absolute Gasteiger partial charge is 0.330 e. The number of hydrogen-bond donors (Lipinski definition) is 0. The molecule has 0 saturated carbocycles. The molecule has 0 N–H and O–H groups in total. The van der Waals surface area contributed by atoms with Crippen molar-refractivity contribution in [2.24, 2.45) is 0 Å². The van der Waals surface area contributed by atoms with Crippen LogP contribution >= 0.6 is 0 Å². The number of rotatable bonds is 3. The van der Waals surface area contributed by atoms with Gasteiger partial charge in [0.05, 0.1) is 7.11 Å². The van der Waals surface area contributed by atoms with Crippen molar-refractivity contribution in [1.29, 1.82) is 0 Å². The molecule has 0 heterocycles. The Hall–Kier alpha value is -1.90. The van der Waals surface area contributed by atoms with E-state index < -0.39 is 5.97 Å². The second kappa shape index (κ2) is 5.26. The summed E-state index contributed by atoms with van der Waals surface area (Å²) in [6.45, 7) is 3.40. The highest BCUT2D eigenvalue weighted by Gasteiger charge is 2.03. The Kier molecular flexibility index (Phi) is 4.00. The van der Waals surface area contributed by atoms with Crippen molar-refractivity contribution in [3.8, 4) is 0 Å². The van der Waals surface area contributed by atoms with E-state index in [1.807, 2.05) is 13.0 Å². The first kappa shape index (κ1) is 12.2. The molecule has 0 aliphatic carbocycles. The van der Waals surface area contributed by atoms with Gasteiger partial charge in [-0.25, -0.2) is 4.79 Å². The van der Waals surface area contributed by atoms with Crippen LogP contribution in [-0.2, 0) is 9.53 Å². The molecule has 0 aliphatic heterocycles. The van der Waals surface area contributed by atoms with Gasteiger partial charge in [0.25, 0.3) is 0 Å². The Balaban J connectivity index is 0.00000256. The first-order valence-electron chi connectivity index (χ1n) is 4.92. The molecule has 3 heteroatoms. The van der Waals surface area contributed by atoms with E-state index in [2.05, 4.69) is 4.74 Å². The van der Waals surface area contributed by atoms with E-state index in [0.29, 0.717) is 5.56 Å². The molecule has 3 nitrogen and oxygen atoms in total. The van der Waals surface area contributed by atoms with Gasteiger partial charge in [-0.3, -0.25) is 4.79 Å². The zero-order valence-electron chi connectivity index (χ0n) is 9.61. The molecule has 0 spiro atoms. The van der Waals surface area contributed by atoms with Crippen molar-refractivity contribution in [3.05, 3.63) is 41.0 Å². The summed E-state index contributed by atoms with van der Waals surface area (Å²) in [5.74, 6) is -0.353. The molecule has 0 atom stereocenters. The maximum atomic E-state index is 11.2. The molecule has 0 fully saturated rings. The predicted octanol–water partition coefficient (Wildman–Crippen LogP) is 2.63. The first-order valence-corrected chi connectivity index (χ1v) is 4.92. The van der Waals surface area contributed by atoms with Crippen LogP contribution in [0.15, 0.2) is 24.3 Å². The Morgan fingerprint density at radius 1 is 1.38 bits per heavy atom. The Bertz CT molecular complexity index is 450. The van der Waals surface area contributed by atoms with Gasteiger partial charge in [0.1, 0.15) is 0 Å². The fourth-order valence-corrected chi connectivity index (χ4v) is 1.42. The molecule has 0 saturated heterocycles. The van der Waals surface area contributed by atoms with E-state index in [4.69, 9.17) is 0 Å². The monoisotopic (exact) mass is 220 g/mol. The van der Waals surface area contributed by atoms with Crippen LogP contribution in [0.1, 0.15) is 29.8 Å². The number of hydrogen-bond acceptors (Lipinski definition) is 3. The zero-order valence-corrected chi connectivity index (χ0v) is 9.61. The molecule has 0 aliphatic rings. The summed E-state index contributed by atoms with van der Waals surface area (Å²) in [7, 11) is 1.33. The molecule has 0 amide bonds. The Morgan fingerprint density at radius 3 is 2.56 bits per heavy atom. The molecule has 1 aromatic carbocycles. The normalized spacial score (nSPS) is 10.4. The number of methoxy groups -OCH3 is 1. The highest BCUT2D eigenvalue weighted by Crippen LogP contribution is 2.13. The lowest BCUT2D eigenvalue weighted by molar-refractivity contribution is -0.134.